The molecule has 6 heteroatoms. The maximum Gasteiger partial charge on any atom is 0.260 e. The Labute approximate surface area is 158 Å². The van der Waals surface area contributed by atoms with Crippen molar-refractivity contribution in [3.8, 4) is 11.8 Å². The molecule has 1 heterocycles. The monoisotopic (exact) mass is 369 g/mol. The molecule has 5 nitrogen and oxygen atoms in total. The molecule has 0 aliphatic carbocycles. The van der Waals surface area contributed by atoms with Crippen molar-refractivity contribution in [2.24, 2.45) is 0 Å². The summed E-state index contributed by atoms with van der Waals surface area (Å²) in [7, 11) is 0. The van der Waals surface area contributed by atoms with Gasteiger partial charge in [0.25, 0.3) is 5.91 Å². The van der Waals surface area contributed by atoms with Gasteiger partial charge < -0.3 is 9.64 Å². The summed E-state index contributed by atoms with van der Waals surface area (Å²) >= 11 is 6.04. The van der Waals surface area contributed by atoms with Crippen LogP contribution in [0.1, 0.15) is 11.6 Å². The highest BCUT2D eigenvalue weighted by atomic mass is 35.5. The normalized spacial score (nSPS) is 15.9. The van der Waals surface area contributed by atoms with Crippen LogP contribution in [0.3, 0.4) is 0 Å². The van der Waals surface area contributed by atoms with Gasteiger partial charge >= 0.3 is 0 Å². The van der Waals surface area contributed by atoms with Crippen LogP contribution in [0.15, 0.2) is 54.6 Å². The maximum atomic E-state index is 12.3. The van der Waals surface area contributed by atoms with Gasteiger partial charge in [0.15, 0.2) is 6.61 Å². The zero-order chi connectivity index (χ0) is 18.4. The first-order valence-electron chi connectivity index (χ1n) is 8.52. The van der Waals surface area contributed by atoms with E-state index in [1.54, 1.807) is 11.0 Å². The quantitative estimate of drug-likeness (QED) is 0.812. The second-order valence-corrected chi connectivity index (χ2v) is 6.54. The fourth-order valence-corrected chi connectivity index (χ4v) is 3.23. The number of hydrogen-bond donors (Lipinski definition) is 0. The van der Waals surface area contributed by atoms with Gasteiger partial charge in [0, 0.05) is 31.2 Å². The van der Waals surface area contributed by atoms with Crippen LogP contribution >= 0.6 is 11.6 Å². The molecule has 1 amide bonds. The number of piperazine rings is 1. The van der Waals surface area contributed by atoms with Gasteiger partial charge in [-0.2, -0.15) is 5.26 Å². The van der Waals surface area contributed by atoms with Gasteiger partial charge in [-0.1, -0.05) is 41.9 Å². The third-order valence-corrected chi connectivity index (χ3v) is 4.66. The topological polar surface area (TPSA) is 56.6 Å². The maximum absolute atomic E-state index is 12.3. The molecule has 2 aromatic rings. The number of ether oxygens (including phenoxy) is 1. The third kappa shape index (κ3) is 4.54. The molecule has 1 aliphatic rings. The Morgan fingerprint density at radius 3 is 2.50 bits per heavy atom. The number of rotatable bonds is 5. The summed E-state index contributed by atoms with van der Waals surface area (Å²) in [6.45, 7) is 2.47. The van der Waals surface area contributed by atoms with Gasteiger partial charge in [0.1, 0.15) is 11.8 Å². The minimum atomic E-state index is -0.355. The molecule has 1 saturated heterocycles. The van der Waals surface area contributed by atoms with E-state index in [1.165, 1.54) is 0 Å². The largest absolute Gasteiger partial charge is 0.484 e. The van der Waals surface area contributed by atoms with E-state index in [-0.39, 0.29) is 18.6 Å². The average Bonchev–Trinajstić information content (AvgIpc) is 2.68. The molecule has 0 radical (unpaired) electrons. The summed E-state index contributed by atoms with van der Waals surface area (Å²) in [5.74, 6) is 0.648. The summed E-state index contributed by atoms with van der Waals surface area (Å²) < 4.78 is 5.53. The summed E-state index contributed by atoms with van der Waals surface area (Å²) in [5.41, 5.74) is 0.882. The van der Waals surface area contributed by atoms with Crippen LogP contribution in [0.25, 0.3) is 0 Å². The first kappa shape index (κ1) is 18.2. The summed E-state index contributed by atoms with van der Waals surface area (Å²) in [6.07, 6.45) is 0. The second kappa shape index (κ2) is 8.70. The first-order chi connectivity index (χ1) is 12.7. The van der Waals surface area contributed by atoms with Crippen LogP contribution in [0.4, 0.5) is 0 Å². The Bertz CT molecular complexity index is 783. The first-order valence-corrected chi connectivity index (χ1v) is 8.90. The molecule has 3 rings (SSSR count). The van der Waals surface area contributed by atoms with Crippen molar-refractivity contribution in [3.05, 3.63) is 65.2 Å². The minimum Gasteiger partial charge on any atom is -0.484 e. The summed E-state index contributed by atoms with van der Waals surface area (Å²) in [4.78, 5) is 16.2. The van der Waals surface area contributed by atoms with Crippen LogP contribution < -0.4 is 4.74 Å². The molecule has 0 spiro atoms. The predicted molar refractivity (Wildman–Crippen MR) is 99.9 cm³/mol. The number of carbonyl (C=O) groups excluding carboxylic acids is 1. The molecular weight excluding hydrogens is 350 g/mol. The highest BCUT2D eigenvalue weighted by molar-refractivity contribution is 6.30. The molecule has 134 valence electrons. The molecule has 2 aromatic carbocycles. The molecule has 1 atom stereocenters. The molecular formula is C20H20ClN3O2. The van der Waals surface area contributed by atoms with Crippen molar-refractivity contribution in [1.82, 2.24) is 9.80 Å². The number of carbonyl (C=O) groups is 1. The second-order valence-electron chi connectivity index (χ2n) is 6.11. The van der Waals surface area contributed by atoms with Gasteiger partial charge in [-0.25, -0.2) is 0 Å². The van der Waals surface area contributed by atoms with E-state index >= 15 is 0 Å². The Morgan fingerprint density at radius 2 is 1.85 bits per heavy atom. The number of para-hydroxylation sites is 1. The number of nitrogens with zero attached hydrogens (tertiary/aromatic N) is 3. The van der Waals surface area contributed by atoms with E-state index in [2.05, 4.69) is 11.0 Å². The number of halogens is 1. The van der Waals surface area contributed by atoms with Crippen molar-refractivity contribution >= 4 is 17.5 Å². The van der Waals surface area contributed by atoms with Gasteiger partial charge in [0.05, 0.1) is 6.07 Å². The van der Waals surface area contributed by atoms with E-state index in [1.807, 2.05) is 48.5 Å². The van der Waals surface area contributed by atoms with E-state index in [9.17, 15) is 10.1 Å². The van der Waals surface area contributed by atoms with Crippen LogP contribution in [-0.2, 0) is 4.79 Å². The Hall–Kier alpha value is -2.55. The molecule has 1 aliphatic heterocycles. The lowest BCUT2D eigenvalue weighted by Gasteiger charge is -2.37. The molecule has 0 aromatic heterocycles. The number of nitriles is 1. The molecule has 0 saturated carbocycles. The van der Waals surface area contributed by atoms with Crippen LogP contribution in [0.2, 0.25) is 5.02 Å². The molecule has 0 bridgehead atoms. The minimum absolute atomic E-state index is 0.0278. The predicted octanol–water partition coefficient (Wildman–Crippen LogP) is 3.13. The zero-order valence-electron chi connectivity index (χ0n) is 14.3. The van der Waals surface area contributed by atoms with E-state index in [4.69, 9.17) is 16.3 Å². The summed E-state index contributed by atoms with van der Waals surface area (Å²) in [6, 6.07) is 18.7. The SMILES string of the molecule is N#CC(c1cccc(Cl)c1)N1CCN(C(=O)COc2ccccc2)CC1. The molecule has 26 heavy (non-hydrogen) atoms. The van der Waals surface area contributed by atoms with Crippen LogP contribution in [0.5, 0.6) is 5.75 Å². The number of benzene rings is 2. The molecule has 1 unspecified atom stereocenters. The van der Waals surface area contributed by atoms with Gasteiger partial charge in [0.2, 0.25) is 0 Å². The van der Waals surface area contributed by atoms with Crippen LogP contribution in [0, 0.1) is 11.3 Å². The summed E-state index contributed by atoms with van der Waals surface area (Å²) in [5, 5.41) is 10.2. The molecule has 1 fully saturated rings. The highest BCUT2D eigenvalue weighted by Gasteiger charge is 2.27. The fourth-order valence-electron chi connectivity index (χ4n) is 3.03. The van der Waals surface area contributed by atoms with Crippen molar-refractivity contribution in [2.45, 2.75) is 6.04 Å². The zero-order valence-corrected chi connectivity index (χ0v) is 15.1. The Kier molecular flexibility index (Phi) is 6.11. The number of hydrogen-bond acceptors (Lipinski definition) is 4. The van der Waals surface area contributed by atoms with E-state index in [0.29, 0.717) is 37.0 Å². The highest BCUT2D eigenvalue weighted by Crippen LogP contribution is 2.24. The lowest BCUT2D eigenvalue weighted by atomic mass is 10.1. The van der Waals surface area contributed by atoms with E-state index in [0.717, 1.165) is 5.56 Å². The Balaban J connectivity index is 1.53. The van der Waals surface area contributed by atoms with Gasteiger partial charge in [-0.15, -0.1) is 0 Å². The fraction of sp³-hybridized carbons (Fsp3) is 0.300. The van der Waals surface area contributed by atoms with E-state index < -0.39 is 0 Å². The smallest absolute Gasteiger partial charge is 0.260 e. The molecule has 0 N–H and O–H groups in total. The van der Waals surface area contributed by atoms with Crippen molar-refractivity contribution in [3.63, 3.8) is 0 Å². The average molecular weight is 370 g/mol. The lowest BCUT2D eigenvalue weighted by Crippen LogP contribution is -2.50. The van der Waals surface area contributed by atoms with Crippen molar-refractivity contribution in [2.75, 3.05) is 32.8 Å². The van der Waals surface area contributed by atoms with Crippen molar-refractivity contribution in [1.29, 1.82) is 5.26 Å². The standard InChI is InChI=1S/C20H20ClN3O2/c21-17-6-4-5-16(13-17)19(14-22)23-9-11-24(12-10-23)20(25)15-26-18-7-2-1-3-8-18/h1-8,13,19H,9-12,15H2. The van der Waals surface area contributed by atoms with Crippen LogP contribution in [-0.4, -0.2) is 48.5 Å². The number of amides is 1. The third-order valence-electron chi connectivity index (χ3n) is 4.42. The van der Waals surface area contributed by atoms with Gasteiger partial charge in [-0.05, 0) is 29.8 Å². The van der Waals surface area contributed by atoms with Gasteiger partial charge in [-0.3, -0.25) is 9.69 Å². The Morgan fingerprint density at radius 1 is 1.12 bits per heavy atom. The van der Waals surface area contributed by atoms with Crippen molar-refractivity contribution < 1.29 is 9.53 Å². The lowest BCUT2D eigenvalue weighted by molar-refractivity contribution is -0.135.